The van der Waals surface area contributed by atoms with Crippen molar-refractivity contribution >= 4 is 0 Å². The highest BCUT2D eigenvalue weighted by atomic mass is 14.2. The Hall–Kier alpha value is -0.950. The number of hydrogen-bond donors (Lipinski definition) is 0. The summed E-state index contributed by atoms with van der Waals surface area (Å²) in [5.41, 5.74) is 0. The van der Waals surface area contributed by atoms with Crippen molar-refractivity contribution in [2.45, 2.75) is 26.2 Å². The Balaban J connectivity index is 3.06. The lowest BCUT2D eigenvalue weighted by molar-refractivity contribution is 1.09. The van der Waals surface area contributed by atoms with Gasteiger partial charge in [0.25, 0.3) is 0 Å². The highest BCUT2D eigenvalue weighted by Gasteiger charge is 1.72. The highest BCUT2D eigenvalue weighted by Crippen LogP contribution is 1.81. The van der Waals surface area contributed by atoms with Crippen molar-refractivity contribution in [3.05, 3.63) is 0 Å². The van der Waals surface area contributed by atoms with E-state index >= 15 is 0 Å². The van der Waals surface area contributed by atoms with Crippen molar-refractivity contribution in [2.24, 2.45) is 0 Å². The molecule has 0 aliphatic rings. The molecule has 1 nitrogen and oxygen atoms in total. The fraction of sp³-hybridized carbons (Fsp3) is 0.571. The van der Waals surface area contributed by atoms with Gasteiger partial charge in [0, 0.05) is 19.3 Å². The molecule has 0 heterocycles. The zero-order chi connectivity index (χ0) is 6.24. The number of nitriles is 1. The van der Waals surface area contributed by atoms with Crippen LogP contribution in [-0.2, 0) is 0 Å². The van der Waals surface area contributed by atoms with Crippen molar-refractivity contribution in [1.29, 1.82) is 5.26 Å². The van der Waals surface area contributed by atoms with Crippen LogP contribution >= 0.6 is 0 Å². The Morgan fingerprint density at radius 3 is 2.50 bits per heavy atom. The molecule has 1 heteroatoms. The summed E-state index contributed by atoms with van der Waals surface area (Å²) in [6.45, 7) is 2.00. The van der Waals surface area contributed by atoms with Gasteiger partial charge in [-0.25, -0.2) is 0 Å². The van der Waals surface area contributed by atoms with E-state index in [0.717, 1.165) is 12.8 Å². The van der Waals surface area contributed by atoms with E-state index in [0.29, 0.717) is 6.42 Å². The summed E-state index contributed by atoms with van der Waals surface area (Å²) in [5, 5.41) is 8.05. The molecule has 0 bridgehead atoms. The highest BCUT2D eigenvalue weighted by molar-refractivity contribution is 4.99. The fourth-order valence-electron chi connectivity index (χ4n) is 0.332. The predicted molar refractivity (Wildman–Crippen MR) is 32.9 cm³/mol. The fourth-order valence-corrected chi connectivity index (χ4v) is 0.332. The summed E-state index contributed by atoms with van der Waals surface area (Å²) >= 11 is 0. The Morgan fingerprint density at radius 1 is 1.25 bits per heavy atom. The van der Waals surface area contributed by atoms with Crippen LogP contribution in [0.2, 0.25) is 0 Å². The van der Waals surface area contributed by atoms with Crippen LogP contribution < -0.4 is 0 Å². The van der Waals surface area contributed by atoms with Gasteiger partial charge in [0.2, 0.25) is 0 Å². The first-order chi connectivity index (χ1) is 3.91. The second-order valence-corrected chi connectivity index (χ2v) is 1.37. The smallest absolute Gasteiger partial charge is 0.0631 e. The first-order valence-electron chi connectivity index (χ1n) is 2.74. The Morgan fingerprint density at radius 2 is 2.00 bits per heavy atom. The molecule has 0 radical (unpaired) electrons. The molecule has 0 N–H and O–H groups in total. The monoisotopic (exact) mass is 107 g/mol. The van der Waals surface area contributed by atoms with Crippen LogP contribution in [0.15, 0.2) is 0 Å². The van der Waals surface area contributed by atoms with Crippen LogP contribution in [0.25, 0.3) is 0 Å². The standard InChI is InChI=1S/C7H9N/c1-2-3-4-5-6-7-8/h2,5-6H2,1H3. The molecule has 0 aliphatic heterocycles. The summed E-state index contributed by atoms with van der Waals surface area (Å²) in [7, 11) is 0. The van der Waals surface area contributed by atoms with Crippen molar-refractivity contribution < 1.29 is 0 Å². The van der Waals surface area contributed by atoms with Gasteiger partial charge < -0.3 is 0 Å². The van der Waals surface area contributed by atoms with Crippen molar-refractivity contribution in [3.8, 4) is 17.9 Å². The summed E-state index contributed by atoms with van der Waals surface area (Å²) in [6, 6.07) is 2.02. The maximum absolute atomic E-state index is 8.05. The largest absolute Gasteiger partial charge is 0.198 e. The van der Waals surface area contributed by atoms with Gasteiger partial charge in [-0.15, -0.1) is 11.8 Å². The topological polar surface area (TPSA) is 23.8 Å². The molecule has 0 unspecified atom stereocenters. The van der Waals surface area contributed by atoms with Crippen LogP contribution in [0.4, 0.5) is 0 Å². The molecule has 0 amide bonds. The van der Waals surface area contributed by atoms with E-state index < -0.39 is 0 Å². The lowest BCUT2D eigenvalue weighted by Crippen LogP contribution is -1.62. The summed E-state index contributed by atoms with van der Waals surface area (Å²) in [4.78, 5) is 0. The Bertz CT molecular complexity index is 131. The maximum atomic E-state index is 8.05. The quantitative estimate of drug-likeness (QED) is 0.369. The van der Waals surface area contributed by atoms with Crippen LogP contribution in [0, 0.1) is 23.2 Å². The molecule has 42 valence electrons. The number of nitrogens with zero attached hydrogens (tertiary/aromatic N) is 1. The van der Waals surface area contributed by atoms with Crippen LogP contribution in [0.3, 0.4) is 0 Å². The van der Waals surface area contributed by atoms with Crippen molar-refractivity contribution in [2.75, 3.05) is 0 Å². The number of rotatable bonds is 1. The van der Waals surface area contributed by atoms with Gasteiger partial charge >= 0.3 is 0 Å². The lowest BCUT2D eigenvalue weighted by Gasteiger charge is -1.72. The van der Waals surface area contributed by atoms with E-state index in [9.17, 15) is 0 Å². The van der Waals surface area contributed by atoms with Gasteiger partial charge in [-0.3, -0.25) is 0 Å². The minimum absolute atomic E-state index is 0.562. The Kier molecular flexibility index (Phi) is 5.33. The summed E-state index contributed by atoms with van der Waals surface area (Å²) in [5.74, 6) is 5.75. The molecule has 0 saturated carbocycles. The first-order valence-corrected chi connectivity index (χ1v) is 2.74. The van der Waals surface area contributed by atoms with E-state index in [-0.39, 0.29) is 0 Å². The molecule has 0 aromatic rings. The van der Waals surface area contributed by atoms with E-state index in [1.807, 2.05) is 13.0 Å². The lowest BCUT2D eigenvalue weighted by atomic mass is 10.3. The van der Waals surface area contributed by atoms with Crippen molar-refractivity contribution in [3.63, 3.8) is 0 Å². The third-order valence-corrected chi connectivity index (χ3v) is 0.664. The van der Waals surface area contributed by atoms with E-state index in [4.69, 9.17) is 5.26 Å². The van der Waals surface area contributed by atoms with E-state index in [2.05, 4.69) is 11.8 Å². The van der Waals surface area contributed by atoms with Gasteiger partial charge in [-0.05, 0) is 0 Å². The van der Waals surface area contributed by atoms with Crippen LogP contribution in [0.5, 0.6) is 0 Å². The third kappa shape index (κ3) is 5.05. The molecule has 8 heavy (non-hydrogen) atoms. The second-order valence-electron chi connectivity index (χ2n) is 1.37. The van der Waals surface area contributed by atoms with Crippen LogP contribution in [0.1, 0.15) is 26.2 Å². The third-order valence-electron chi connectivity index (χ3n) is 0.664. The average molecular weight is 107 g/mol. The molecule has 0 aliphatic carbocycles. The molecule has 0 aromatic heterocycles. The van der Waals surface area contributed by atoms with Crippen LogP contribution in [-0.4, -0.2) is 0 Å². The molecule has 0 fully saturated rings. The van der Waals surface area contributed by atoms with Gasteiger partial charge in [-0.2, -0.15) is 5.26 Å². The Labute approximate surface area is 50.3 Å². The molecule has 0 atom stereocenters. The van der Waals surface area contributed by atoms with E-state index in [1.54, 1.807) is 0 Å². The van der Waals surface area contributed by atoms with Gasteiger partial charge in [-0.1, -0.05) is 6.92 Å². The van der Waals surface area contributed by atoms with Gasteiger partial charge in [0.1, 0.15) is 0 Å². The van der Waals surface area contributed by atoms with Gasteiger partial charge in [0.05, 0.1) is 6.07 Å². The summed E-state index contributed by atoms with van der Waals surface area (Å²) in [6.07, 6.45) is 2.18. The SMILES string of the molecule is CCC#CCCC#N. The van der Waals surface area contributed by atoms with Gasteiger partial charge in [0.15, 0.2) is 0 Å². The molecular formula is C7H9N. The second kappa shape index (κ2) is 6.05. The number of unbranched alkanes of at least 4 members (excludes halogenated alkanes) is 1. The summed E-state index contributed by atoms with van der Waals surface area (Å²) < 4.78 is 0. The zero-order valence-electron chi connectivity index (χ0n) is 5.07. The van der Waals surface area contributed by atoms with Crippen molar-refractivity contribution in [1.82, 2.24) is 0 Å². The first kappa shape index (κ1) is 7.05. The normalized spacial score (nSPS) is 6.50. The molecule has 0 aromatic carbocycles. The minimum atomic E-state index is 0.562. The predicted octanol–water partition coefficient (Wildman–Crippen LogP) is 1.70. The molecule has 0 rings (SSSR count). The molecule has 0 saturated heterocycles. The minimum Gasteiger partial charge on any atom is -0.198 e. The average Bonchev–Trinajstić information content (AvgIpc) is 1.81. The zero-order valence-corrected chi connectivity index (χ0v) is 5.07. The number of hydrogen-bond acceptors (Lipinski definition) is 1. The van der Waals surface area contributed by atoms with E-state index in [1.165, 1.54) is 0 Å². The maximum Gasteiger partial charge on any atom is 0.0631 e. The molecule has 0 spiro atoms. The molecular weight excluding hydrogens is 98.1 g/mol.